The Morgan fingerprint density at radius 2 is 1.90 bits per heavy atom. The highest BCUT2D eigenvalue weighted by molar-refractivity contribution is 7.92. The fourth-order valence-electron chi connectivity index (χ4n) is 3.71. The molecular formula is C16H19NO3S. The van der Waals surface area contributed by atoms with Crippen molar-refractivity contribution >= 4 is 9.84 Å². The molecule has 0 spiro atoms. The minimum Gasteiger partial charge on any atom is -0.385 e. The first-order chi connectivity index (χ1) is 9.87. The van der Waals surface area contributed by atoms with Crippen molar-refractivity contribution in [3.05, 3.63) is 34.9 Å². The number of rotatable bonds is 1. The summed E-state index contributed by atoms with van der Waals surface area (Å²) in [5, 5.41) is 19.3. The van der Waals surface area contributed by atoms with Crippen molar-refractivity contribution in [2.75, 3.05) is 0 Å². The predicted octanol–water partition coefficient (Wildman–Crippen LogP) is 2.18. The Hall–Kier alpha value is -1.38. The van der Waals surface area contributed by atoms with E-state index in [9.17, 15) is 13.5 Å². The third-order valence-corrected chi connectivity index (χ3v) is 7.67. The van der Waals surface area contributed by atoms with Crippen LogP contribution in [0, 0.1) is 18.3 Å². The molecule has 1 aromatic carbocycles. The first kappa shape index (κ1) is 14.6. The van der Waals surface area contributed by atoms with E-state index in [1.165, 1.54) is 0 Å². The molecule has 0 aromatic heterocycles. The average molecular weight is 305 g/mol. The number of sulfone groups is 1. The molecule has 2 fully saturated rings. The maximum atomic E-state index is 12.3. The Labute approximate surface area is 125 Å². The Morgan fingerprint density at radius 1 is 1.29 bits per heavy atom. The van der Waals surface area contributed by atoms with E-state index in [1.54, 1.807) is 6.07 Å². The number of aliphatic hydroxyl groups is 1. The molecule has 0 amide bonds. The molecule has 3 rings (SSSR count). The number of hydrogen-bond donors (Lipinski definition) is 1. The van der Waals surface area contributed by atoms with Crippen LogP contribution in [0.25, 0.3) is 0 Å². The molecular weight excluding hydrogens is 286 g/mol. The van der Waals surface area contributed by atoms with E-state index in [0.29, 0.717) is 24.0 Å². The Morgan fingerprint density at radius 3 is 2.48 bits per heavy atom. The summed E-state index contributed by atoms with van der Waals surface area (Å²) < 4.78 is 24.7. The lowest BCUT2D eigenvalue weighted by Crippen LogP contribution is -2.50. The molecule has 2 atom stereocenters. The number of benzene rings is 1. The van der Waals surface area contributed by atoms with Gasteiger partial charge in [0.15, 0.2) is 9.84 Å². The number of fused-ring (bicyclic) bond motifs is 2. The fraction of sp³-hybridized carbons (Fsp3) is 0.562. The summed E-state index contributed by atoms with van der Waals surface area (Å²) in [7, 11) is -3.09. The third-order valence-electron chi connectivity index (χ3n) is 5.01. The van der Waals surface area contributed by atoms with Gasteiger partial charge in [-0.05, 0) is 49.8 Å². The van der Waals surface area contributed by atoms with E-state index in [-0.39, 0.29) is 12.8 Å². The largest absolute Gasteiger partial charge is 0.385 e. The molecule has 5 heteroatoms. The Bertz CT molecular complexity index is 698. The highest BCUT2D eigenvalue weighted by atomic mass is 32.2. The van der Waals surface area contributed by atoms with Crippen LogP contribution in [0.2, 0.25) is 0 Å². The molecule has 0 aliphatic carbocycles. The summed E-state index contributed by atoms with van der Waals surface area (Å²) in [6.45, 7) is 1.85. The first-order valence-electron chi connectivity index (χ1n) is 7.33. The van der Waals surface area contributed by atoms with Gasteiger partial charge < -0.3 is 5.11 Å². The third kappa shape index (κ3) is 2.27. The molecule has 21 heavy (non-hydrogen) atoms. The van der Waals surface area contributed by atoms with Gasteiger partial charge in [-0.2, -0.15) is 5.26 Å². The molecule has 2 aliphatic rings. The lowest BCUT2D eigenvalue weighted by molar-refractivity contribution is 0.00498. The second-order valence-corrected chi connectivity index (χ2v) is 8.86. The van der Waals surface area contributed by atoms with Crippen molar-refractivity contribution < 1.29 is 13.5 Å². The van der Waals surface area contributed by atoms with Gasteiger partial charge in [-0.3, -0.25) is 0 Å². The summed E-state index contributed by atoms with van der Waals surface area (Å²) in [6, 6.07) is 7.49. The van der Waals surface area contributed by atoms with Crippen LogP contribution in [0.4, 0.5) is 0 Å². The average Bonchev–Trinajstić information content (AvgIpc) is 2.41. The summed E-state index contributed by atoms with van der Waals surface area (Å²) in [6.07, 6.45) is 2.69. The van der Waals surface area contributed by atoms with E-state index in [4.69, 9.17) is 5.26 Å². The van der Waals surface area contributed by atoms with Crippen molar-refractivity contribution in [2.45, 2.75) is 55.1 Å². The second kappa shape index (κ2) is 4.82. The summed E-state index contributed by atoms with van der Waals surface area (Å²) in [5.41, 5.74) is 0.963. The molecule has 0 radical (unpaired) electrons. The van der Waals surface area contributed by atoms with Crippen molar-refractivity contribution in [3.63, 3.8) is 0 Å². The van der Waals surface area contributed by atoms with Gasteiger partial charge in [0.25, 0.3) is 0 Å². The smallest absolute Gasteiger partial charge is 0.156 e. The molecule has 2 saturated heterocycles. The zero-order valence-electron chi connectivity index (χ0n) is 12.0. The molecule has 1 N–H and O–H groups in total. The van der Waals surface area contributed by atoms with Crippen molar-refractivity contribution in [1.29, 1.82) is 5.26 Å². The van der Waals surface area contributed by atoms with Gasteiger partial charge in [0.1, 0.15) is 0 Å². The van der Waals surface area contributed by atoms with Crippen LogP contribution < -0.4 is 0 Å². The molecule has 2 aliphatic heterocycles. The van der Waals surface area contributed by atoms with Crippen LogP contribution in [0.15, 0.2) is 18.2 Å². The normalized spacial score (nSPS) is 34.1. The molecule has 2 heterocycles. The van der Waals surface area contributed by atoms with Crippen LogP contribution in [-0.2, 0) is 15.4 Å². The molecule has 4 nitrogen and oxygen atoms in total. The van der Waals surface area contributed by atoms with E-state index < -0.39 is 25.9 Å². The van der Waals surface area contributed by atoms with Gasteiger partial charge in [-0.25, -0.2) is 8.42 Å². The molecule has 2 unspecified atom stereocenters. The zero-order valence-corrected chi connectivity index (χ0v) is 12.9. The van der Waals surface area contributed by atoms with Gasteiger partial charge in [-0.1, -0.05) is 18.6 Å². The maximum absolute atomic E-state index is 12.3. The van der Waals surface area contributed by atoms with Gasteiger partial charge in [-0.15, -0.1) is 0 Å². The van der Waals surface area contributed by atoms with Gasteiger partial charge in [0.05, 0.1) is 27.7 Å². The van der Waals surface area contributed by atoms with E-state index in [0.717, 1.165) is 12.0 Å². The number of nitriles is 1. The summed E-state index contributed by atoms with van der Waals surface area (Å²) in [5.74, 6) is 0. The second-order valence-electron chi connectivity index (χ2n) is 6.35. The molecule has 1 aromatic rings. The molecule has 0 saturated carbocycles. The van der Waals surface area contributed by atoms with E-state index in [2.05, 4.69) is 6.07 Å². The standard InChI is InChI=1S/C16H19NO3S/c1-11-5-6-13(7-12(11)10-17)16(18)8-14-3-2-4-15(9-16)21(14,19)20/h5-7,14-15,18H,2-4,8-9H2,1H3. The topological polar surface area (TPSA) is 78.2 Å². The Balaban J connectivity index is 2.01. The first-order valence-corrected chi connectivity index (χ1v) is 8.94. The Kier molecular flexibility index (Phi) is 3.34. The van der Waals surface area contributed by atoms with Gasteiger partial charge in [0.2, 0.25) is 0 Å². The van der Waals surface area contributed by atoms with Gasteiger partial charge >= 0.3 is 0 Å². The highest BCUT2D eigenvalue weighted by Crippen LogP contribution is 2.46. The van der Waals surface area contributed by atoms with Crippen LogP contribution in [-0.4, -0.2) is 24.0 Å². The fourth-order valence-corrected chi connectivity index (χ4v) is 6.27. The number of aryl methyl sites for hydroxylation is 1. The maximum Gasteiger partial charge on any atom is 0.156 e. The molecule has 112 valence electrons. The van der Waals surface area contributed by atoms with Crippen LogP contribution in [0.3, 0.4) is 0 Å². The number of nitrogens with zero attached hydrogens (tertiary/aromatic N) is 1. The van der Waals surface area contributed by atoms with Crippen LogP contribution in [0.1, 0.15) is 48.8 Å². The minimum absolute atomic E-state index is 0.250. The van der Waals surface area contributed by atoms with Crippen molar-refractivity contribution in [2.24, 2.45) is 0 Å². The lowest BCUT2D eigenvalue weighted by Gasteiger charge is -2.44. The minimum atomic E-state index is -3.09. The van der Waals surface area contributed by atoms with Crippen molar-refractivity contribution in [1.82, 2.24) is 0 Å². The predicted molar refractivity (Wildman–Crippen MR) is 79.4 cm³/mol. The van der Waals surface area contributed by atoms with Crippen molar-refractivity contribution in [3.8, 4) is 6.07 Å². The monoisotopic (exact) mass is 305 g/mol. The quantitative estimate of drug-likeness (QED) is 0.862. The molecule has 2 bridgehead atoms. The number of hydrogen-bond acceptors (Lipinski definition) is 4. The van der Waals surface area contributed by atoms with Crippen LogP contribution >= 0.6 is 0 Å². The lowest BCUT2D eigenvalue weighted by atomic mass is 9.80. The summed E-state index contributed by atoms with van der Waals surface area (Å²) in [4.78, 5) is 0. The zero-order chi connectivity index (χ0) is 15.3. The van der Waals surface area contributed by atoms with Gasteiger partial charge in [0, 0.05) is 0 Å². The van der Waals surface area contributed by atoms with E-state index in [1.807, 2.05) is 19.1 Å². The SMILES string of the molecule is Cc1ccc(C2(O)CC3CCCC(C2)S3(=O)=O)cc1C#N. The highest BCUT2D eigenvalue weighted by Gasteiger charge is 2.50. The van der Waals surface area contributed by atoms with Crippen LogP contribution in [0.5, 0.6) is 0 Å². The summed E-state index contributed by atoms with van der Waals surface area (Å²) >= 11 is 0. The van der Waals surface area contributed by atoms with E-state index >= 15 is 0 Å².